The van der Waals surface area contributed by atoms with E-state index in [1.807, 2.05) is 6.08 Å². The summed E-state index contributed by atoms with van der Waals surface area (Å²) < 4.78 is 22.9. The maximum Gasteiger partial charge on any atom is 0.220 e. The van der Waals surface area contributed by atoms with Crippen molar-refractivity contribution in [2.45, 2.75) is 473 Å². The Balaban J connectivity index is 1.61. The van der Waals surface area contributed by atoms with Gasteiger partial charge in [-0.25, -0.2) is 0 Å². The van der Waals surface area contributed by atoms with Crippen molar-refractivity contribution in [1.82, 2.24) is 5.32 Å². The van der Waals surface area contributed by atoms with E-state index >= 15 is 0 Å². The number of ether oxygens (including phenoxy) is 4. The molecular formula is C84H159NO13. The second kappa shape index (κ2) is 68.3. The fourth-order valence-corrected chi connectivity index (χ4v) is 14.1. The molecule has 2 rings (SSSR count). The number of unbranched alkanes of at least 4 members (excludes halogenated alkanes) is 55. The Labute approximate surface area is 601 Å². The summed E-state index contributed by atoms with van der Waals surface area (Å²) in [6.45, 7) is 2.85. The number of amides is 1. The molecule has 14 heteroatoms. The zero-order chi connectivity index (χ0) is 70.8. The molecule has 98 heavy (non-hydrogen) atoms. The van der Waals surface area contributed by atoms with E-state index in [4.69, 9.17) is 18.9 Å². The lowest BCUT2D eigenvalue weighted by Crippen LogP contribution is -2.65. The van der Waals surface area contributed by atoms with E-state index in [0.717, 1.165) is 32.1 Å². The van der Waals surface area contributed by atoms with Crippen LogP contribution in [0.15, 0.2) is 36.5 Å². The summed E-state index contributed by atoms with van der Waals surface area (Å²) in [5.74, 6) is -0.241. The van der Waals surface area contributed by atoms with Gasteiger partial charge in [-0.2, -0.15) is 0 Å². The van der Waals surface area contributed by atoms with Gasteiger partial charge < -0.3 is 65.1 Å². The highest BCUT2D eigenvalue weighted by atomic mass is 16.7. The number of nitrogens with one attached hydrogen (secondary N) is 1. The van der Waals surface area contributed by atoms with Crippen LogP contribution in [0.5, 0.6) is 0 Å². The lowest BCUT2D eigenvalue weighted by Gasteiger charge is -2.46. The average molecular weight is 1390 g/mol. The zero-order valence-electron chi connectivity index (χ0n) is 63.6. The lowest BCUT2D eigenvalue weighted by atomic mass is 9.97. The molecule has 2 aliphatic heterocycles. The number of rotatable bonds is 72. The van der Waals surface area contributed by atoms with Gasteiger partial charge in [-0.1, -0.05) is 371 Å². The van der Waals surface area contributed by atoms with Crippen molar-refractivity contribution in [3.05, 3.63) is 36.5 Å². The second-order valence-electron chi connectivity index (χ2n) is 30.0. The molecule has 0 aromatic rings. The number of hydrogen-bond acceptors (Lipinski definition) is 13. The Kier molecular flexibility index (Phi) is 64.3. The first-order valence-electron chi connectivity index (χ1n) is 42.2. The third-order valence-electron chi connectivity index (χ3n) is 20.8. The molecule has 0 bridgehead atoms. The average Bonchev–Trinajstić information content (AvgIpc) is 0.793. The Bertz CT molecular complexity index is 1780. The van der Waals surface area contributed by atoms with Gasteiger partial charge in [-0.15, -0.1) is 0 Å². The van der Waals surface area contributed by atoms with Gasteiger partial charge in [0.15, 0.2) is 12.6 Å². The largest absolute Gasteiger partial charge is 0.394 e. The predicted octanol–water partition coefficient (Wildman–Crippen LogP) is 19.6. The van der Waals surface area contributed by atoms with E-state index in [0.29, 0.717) is 12.8 Å². The van der Waals surface area contributed by atoms with E-state index in [1.54, 1.807) is 6.08 Å². The molecule has 0 radical (unpaired) electrons. The summed E-state index contributed by atoms with van der Waals surface area (Å²) in [6, 6.07) is -0.932. The van der Waals surface area contributed by atoms with Crippen LogP contribution in [-0.4, -0.2) is 140 Å². The van der Waals surface area contributed by atoms with E-state index in [-0.39, 0.29) is 18.9 Å². The van der Waals surface area contributed by atoms with Gasteiger partial charge in [-0.05, 0) is 57.8 Å². The molecule has 2 saturated heterocycles. The van der Waals surface area contributed by atoms with Crippen molar-refractivity contribution < 1.29 is 64.6 Å². The molecule has 0 aliphatic carbocycles. The van der Waals surface area contributed by atoms with Gasteiger partial charge in [-0.3, -0.25) is 4.79 Å². The highest BCUT2D eigenvalue weighted by Crippen LogP contribution is 2.30. The highest BCUT2D eigenvalue weighted by Gasteiger charge is 2.51. The summed E-state index contributed by atoms with van der Waals surface area (Å²) >= 11 is 0. The monoisotopic (exact) mass is 1390 g/mol. The van der Waals surface area contributed by atoms with Gasteiger partial charge in [0, 0.05) is 6.42 Å². The zero-order valence-corrected chi connectivity index (χ0v) is 63.6. The normalized spacial score (nSPS) is 22.1. The predicted molar refractivity (Wildman–Crippen MR) is 406 cm³/mol. The maximum atomic E-state index is 13.4. The van der Waals surface area contributed by atoms with Crippen LogP contribution in [-0.2, 0) is 23.7 Å². The lowest BCUT2D eigenvalue weighted by molar-refractivity contribution is -0.359. The van der Waals surface area contributed by atoms with Gasteiger partial charge >= 0.3 is 0 Å². The quantitative estimate of drug-likeness (QED) is 0.0204. The number of allylic oxidation sites excluding steroid dienone is 5. The van der Waals surface area contributed by atoms with Crippen LogP contribution in [0.25, 0.3) is 0 Å². The molecule has 578 valence electrons. The molecule has 14 nitrogen and oxygen atoms in total. The number of carbonyl (C=O) groups is 1. The molecule has 2 heterocycles. The van der Waals surface area contributed by atoms with Crippen LogP contribution in [0.3, 0.4) is 0 Å². The Hall–Kier alpha value is -1.79. The Morgan fingerprint density at radius 1 is 0.357 bits per heavy atom. The SMILES string of the molecule is CCCCCCCCCC/C=C\CCCCCCCCCCCCCCCCCCCCCC(=O)NC(COC1OC(CO)C(OC2OC(CO)C(O)C(O)C2O)C(O)C1O)C(O)/C=C/CC/C=C/CCCCCCCCCCCCCCCCCCCCCCCCCCCCC. The summed E-state index contributed by atoms with van der Waals surface area (Å²) in [4.78, 5) is 13.4. The van der Waals surface area contributed by atoms with E-state index < -0.39 is 86.8 Å². The number of carbonyl (C=O) groups excluding carboxylic acids is 1. The molecule has 0 spiro atoms. The first kappa shape index (κ1) is 92.3. The molecular weight excluding hydrogens is 1230 g/mol. The van der Waals surface area contributed by atoms with E-state index in [1.165, 1.54) is 334 Å². The summed E-state index contributed by atoms with van der Waals surface area (Å²) in [5.41, 5.74) is 0. The molecule has 0 aromatic heterocycles. The minimum atomic E-state index is -1.79. The third-order valence-corrected chi connectivity index (χ3v) is 20.8. The van der Waals surface area contributed by atoms with Gasteiger partial charge in [0.1, 0.15) is 48.8 Å². The highest BCUT2D eigenvalue weighted by molar-refractivity contribution is 5.76. The minimum absolute atomic E-state index is 0.241. The molecule has 0 aromatic carbocycles. The Morgan fingerprint density at radius 3 is 1.00 bits per heavy atom. The third kappa shape index (κ3) is 50.6. The smallest absolute Gasteiger partial charge is 0.220 e. The minimum Gasteiger partial charge on any atom is -0.394 e. The van der Waals surface area contributed by atoms with Crippen LogP contribution in [0, 0.1) is 0 Å². The van der Waals surface area contributed by atoms with Crippen molar-refractivity contribution >= 4 is 5.91 Å². The van der Waals surface area contributed by atoms with Crippen molar-refractivity contribution in [2.75, 3.05) is 19.8 Å². The molecule has 12 atom stereocenters. The number of aliphatic hydroxyl groups excluding tert-OH is 8. The van der Waals surface area contributed by atoms with Gasteiger partial charge in [0.25, 0.3) is 0 Å². The van der Waals surface area contributed by atoms with Crippen LogP contribution in [0.2, 0.25) is 0 Å². The summed E-state index contributed by atoms with van der Waals surface area (Å²) in [6.07, 6.45) is 73.9. The van der Waals surface area contributed by atoms with E-state index in [9.17, 15) is 45.6 Å². The van der Waals surface area contributed by atoms with Crippen LogP contribution < -0.4 is 5.32 Å². The number of aliphatic hydroxyl groups is 8. The molecule has 2 aliphatic rings. The van der Waals surface area contributed by atoms with Crippen LogP contribution >= 0.6 is 0 Å². The fraction of sp³-hybridized carbons (Fsp3) is 0.917. The van der Waals surface area contributed by atoms with Crippen LogP contribution in [0.4, 0.5) is 0 Å². The van der Waals surface area contributed by atoms with Crippen molar-refractivity contribution in [2.24, 2.45) is 0 Å². The molecule has 0 saturated carbocycles. The van der Waals surface area contributed by atoms with Gasteiger partial charge in [0.2, 0.25) is 5.91 Å². The summed E-state index contributed by atoms with van der Waals surface area (Å²) in [5, 5.41) is 87.7. The maximum absolute atomic E-state index is 13.4. The first-order valence-corrected chi connectivity index (χ1v) is 42.2. The van der Waals surface area contributed by atoms with Crippen molar-refractivity contribution in [1.29, 1.82) is 0 Å². The van der Waals surface area contributed by atoms with E-state index in [2.05, 4.69) is 43.5 Å². The topological polar surface area (TPSA) is 228 Å². The van der Waals surface area contributed by atoms with Crippen molar-refractivity contribution in [3.8, 4) is 0 Å². The molecule has 9 N–H and O–H groups in total. The first-order chi connectivity index (χ1) is 48.1. The molecule has 12 unspecified atom stereocenters. The fourth-order valence-electron chi connectivity index (χ4n) is 14.1. The molecule has 1 amide bonds. The van der Waals surface area contributed by atoms with Crippen molar-refractivity contribution in [3.63, 3.8) is 0 Å². The standard InChI is InChI=1S/C84H159NO13/c1-3-5-7-9-11-13-15-17-19-21-23-25-27-29-31-33-35-36-38-39-41-43-45-47-49-51-53-55-57-59-61-63-65-67-73(88)72(71-95-83-81(94)79(92)82(75(70-87)97-83)98-84-80(93)78(91)77(90)74(69-86)96-84)85-76(89)68-66-64-62-60-58-56-54-52-50-48-46-44-42-40-37-34-32-30-28-26-24-22-20-18-16-14-12-10-8-6-4-2/h22,24,57,59,65,67,72-75,77-84,86-88,90-94H,3-21,23,25-56,58,60-64,66,68-71H2,1-2H3,(H,85,89)/b24-22-,59-57+,67-65+. The molecule has 2 fully saturated rings. The second-order valence-corrected chi connectivity index (χ2v) is 30.0. The summed E-state index contributed by atoms with van der Waals surface area (Å²) in [7, 11) is 0. The van der Waals surface area contributed by atoms with Gasteiger partial charge in [0.05, 0.1) is 32.0 Å². The Morgan fingerprint density at radius 2 is 0.653 bits per heavy atom. The van der Waals surface area contributed by atoms with Crippen LogP contribution in [0.1, 0.15) is 399 Å². The number of hydrogen-bond donors (Lipinski definition) is 9.